The molecule has 0 unspecified atom stereocenters. The van der Waals surface area contributed by atoms with Crippen molar-refractivity contribution in [2.75, 3.05) is 13.1 Å². The lowest BCUT2D eigenvalue weighted by Gasteiger charge is -2.28. The Kier molecular flexibility index (Phi) is 6.04. The lowest BCUT2D eigenvalue weighted by molar-refractivity contribution is -0.148. The predicted octanol–water partition coefficient (Wildman–Crippen LogP) is 2.49. The maximum atomic E-state index is 12.8. The van der Waals surface area contributed by atoms with Gasteiger partial charge in [-0.3, -0.25) is 9.59 Å². The van der Waals surface area contributed by atoms with Crippen molar-refractivity contribution in [3.8, 4) is 0 Å². The van der Waals surface area contributed by atoms with Gasteiger partial charge < -0.3 is 14.8 Å². The summed E-state index contributed by atoms with van der Waals surface area (Å²) in [6, 6.07) is 4.13. The fourth-order valence-electron chi connectivity index (χ4n) is 2.87. The van der Waals surface area contributed by atoms with Gasteiger partial charge in [0.1, 0.15) is 0 Å². The highest BCUT2D eigenvalue weighted by molar-refractivity contribution is 5.94. The molecule has 1 aliphatic rings. The van der Waals surface area contributed by atoms with E-state index in [1.807, 2.05) is 0 Å². The van der Waals surface area contributed by atoms with E-state index >= 15 is 0 Å². The first-order valence-electron chi connectivity index (χ1n) is 8.85. The van der Waals surface area contributed by atoms with Gasteiger partial charge in [-0.05, 0) is 23.8 Å². The Hall–Kier alpha value is -3.38. The van der Waals surface area contributed by atoms with Gasteiger partial charge in [-0.2, -0.15) is 26.3 Å². The van der Waals surface area contributed by atoms with Crippen molar-refractivity contribution in [2.45, 2.75) is 25.4 Å². The molecule has 31 heavy (non-hydrogen) atoms. The summed E-state index contributed by atoms with van der Waals surface area (Å²) in [5.41, 5.74) is -0.468. The van der Waals surface area contributed by atoms with Crippen molar-refractivity contribution >= 4 is 17.9 Å². The van der Waals surface area contributed by atoms with E-state index in [4.69, 9.17) is 0 Å². The Balaban J connectivity index is 1.51. The normalized spacial score (nSPS) is 14.6. The largest absolute Gasteiger partial charge is 0.451 e. The predicted molar refractivity (Wildman–Crippen MR) is 93.9 cm³/mol. The molecule has 0 saturated heterocycles. The van der Waals surface area contributed by atoms with Crippen molar-refractivity contribution in [1.29, 1.82) is 0 Å². The monoisotopic (exact) mass is 447 g/mol. The van der Waals surface area contributed by atoms with E-state index < -0.39 is 42.1 Å². The highest BCUT2D eigenvalue weighted by atomic mass is 19.4. The first-order chi connectivity index (χ1) is 14.4. The van der Waals surface area contributed by atoms with Gasteiger partial charge in [0.25, 0.3) is 0 Å². The number of aromatic nitrogens is 3. The molecule has 2 aromatic rings. The molecule has 0 fully saturated rings. The third-order valence-corrected chi connectivity index (χ3v) is 4.44. The van der Waals surface area contributed by atoms with Gasteiger partial charge in [0.2, 0.25) is 17.6 Å². The number of amides is 2. The second-order valence-corrected chi connectivity index (χ2v) is 6.58. The number of rotatable bonds is 4. The van der Waals surface area contributed by atoms with Gasteiger partial charge in [-0.15, -0.1) is 10.2 Å². The summed E-state index contributed by atoms with van der Waals surface area (Å²) in [6.45, 7) is -0.732. The van der Waals surface area contributed by atoms with Crippen LogP contribution in [0.2, 0.25) is 0 Å². The first-order valence-corrected chi connectivity index (χ1v) is 8.85. The van der Waals surface area contributed by atoms with Crippen LogP contribution in [-0.4, -0.2) is 44.6 Å². The third-order valence-electron chi connectivity index (χ3n) is 4.44. The molecule has 0 spiro atoms. The number of alkyl halides is 6. The molecule has 0 bridgehead atoms. The lowest BCUT2D eigenvalue weighted by atomic mass is 10.1. The minimum atomic E-state index is -4.65. The van der Waals surface area contributed by atoms with Gasteiger partial charge in [0, 0.05) is 19.2 Å². The van der Waals surface area contributed by atoms with E-state index in [0.29, 0.717) is 5.56 Å². The first kappa shape index (κ1) is 22.3. The Morgan fingerprint density at radius 3 is 2.29 bits per heavy atom. The van der Waals surface area contributed by atoms with Crippen LogP contribution in [0, 0.1) is 0 Å². The van der Waals surface area contributed by atoms with Gasteiger partial charge in [0.05, 0.1) is 18.7 Å². The lowest BCUT2D eigenvalue weighted by Crippen LogP contribution is -2.44. The summed E-state index contributed by atoms with van der Waals surface area (Å²) >= 11 is 0. The SMILES string of the molecule is O=C(/C=C/c1ccc(C(F)(F)F)cc1)NCC(=O)N1CCn2c(nnc2C(F)(F)F)C1. The molecule has 0 radical (unpaired) electrons. The highest BCUT2D eigenvalue weighted by Crippen LogP contribution is 2.30. The van der Waals surface area contributed by atoms with Gasteiger partial charge in [0.15, 0.2) is 5.82 Å². The summed E-state index contributed by atoms with van der Waals surface area (Å²) < 4.78 is 77.0. The molecule has 166 valence electrons. The minimum absolute atomic E-state index is 0.00971. The molecular formula is C18H15F6N5O2. The van der Waals surface area contributed by atoms with Crippen LogP contribution in [0.1, 0.15) is 22.8 Å². The van der Waals surface area contributed by atoms with Gasteiger partial charge in [-0.25, -0.2) is 0 Å². The third kappa shape index (κ3) is 5.41. The van der Waals surface area contributed by atoms with Crippen molar-refractivity contribution in [3.05, 3.63) is 53.1 Å². The van der Waals surface area contributed by atoms with Crippen LogP contribution in [-0.2, 0) is 35.0 Å². The zero-order valence-electron chi connectivity index (χ0n) is 15.7. The number of halogens is 6. The molecule has 1 N–H and O–H groups in total. The average molecular weight is 447 g/mol. The van der Waals surface area contributed by atoms with Crippen LogP contribution in [0.3, 0.4) is 0 Å². The zero-order valence-corrected chi connectivity index (χ0v) is 15.7. The number of carbonyl (C=O) groups excluding carboxylic acids is 2. The standard InChI is InChI=1S/C18H15F6N5O2/c19-17(20,21)12-4-1-11(2-5-12)3-6-14(30)25-9-15(31)28-7-8-29-13(10-28)26-27-16(29)18(22,23)24/h1-6H,7-10H2,(H,25,30)/b6-3+. The Bertz CT molecular complexity index is 994. The second-order valence-electron chi connectivity index (χ2n) is 6.58. The van der Waals surface area contributed by atoms with Gasteiger partial charge in [-0.1, -0.05) is 12.1 Å². The molecule has 13 heteroatoms. The Morgan fingerprint density at radius 2 is 1.68 bits per heavy atom. The maximum absolute atomic E-state index is 12.8. The average Bonchev–Trinajstić information content (AvgIpc) is 3.14. The fourth-order valence-corrected chi connectivity index (χ4v) is 2.87. The van der Waals surface area contributed by atoms with Crippen LogP contribution in [0.15, 0.2) is 30.3 Å². The quantitative estimate of drug-likeness (QED) is 0.577. The summed E-state index contributed by atoms with van der Waals surface area (Å²) in [6.07, 6.45) is -6.78. The zero-order chi connectivity index (χ0) is 22.8. The molecule has 2 heterocycles. The molecule has 3 rings (SSSR count). The fraction of sp³-hybridized carbons (Fsp3) is 0.333. The van der Waals surface area contributed by atoms with E-state index in [1.54, 1.807) is 0 Å². The molecule has 0 saturated carbocycles. The Morgan fingerprint density at radius 1 is 1.00 bits per heavy atom. The summed E-state index contributed by atoms with van der Waals surface area (Å²) in [5, 5.41) is 8.90. The molecule has 0 aliphatic carbocycles. The maximum Gasteiger partial charge on any atom is 0.451 e. The summed E-state index contributed by atoms with van der Waals surface area (Å²) in [4.78, 5) is 25.3. The molecule has 7 nitrogen and oxygen atoms in total. The van der Waals surface area contributed by atoms with Crippen molar-refractivity contribution in [2.24, 2.45) is 0 Å². The van der Waals surface area contributed by atoms with E-state index in [0.717, 1.165) is 22.8 Å². The second kappa shape index (κ2) is 8.40. The van der Waals surface area contributed by atoms with E-state index in [1.165, 1.54) is 23.1 Å². The van der Waals surface area contributed by atoms with Crippen molar-refractivity contribution < 1.29 is 35.9 Å². The number of nitrogens with zero attached hydrogens (tertiary/aromatic N) is 4. The summed E-state index contributed by atoms with van der Waals surface area (Å²) in [5.74, 6) is -2.33. The van der Waals surface area contributed by atoms with E-state index in [9.17, 15) is 35.9 Å². The molecule has 1 aromatic carbocycles. The molecule has 1 aliphatic heterocycles. The number of hydrogen-bond donors (Lipinski definition) is 1. The summed E-state index contributed by atoms with van der Waals surface area (Å²) in [7, 11) is 0. The van der Waals surface area contributed by atoms with Crippen LogP contribution in [0.5, 0.6) is 0 Å². The number of carbonyl (C=O) groups is 2. The van der Waals surface area contributed by atoms with Crippen LogP contribution in [0.4, 0.5) is 26.3 Å². The van der Waals surface area contributed by atoms with Crippen molar-refractivity contribution in [3.63, 3.8) is 0 Å². The molecule has 0 atom stereocenters. The van der Waals surface area contributed by atoms with Crippen LogP contribution in [0.25, 0.3) is 6.08 Å². The number of benzene rings is 1. The van der Waals surface area contributed by atoms with Crippen LogP contribution >= 0.6 is 0 Å². The molecule has 2 amide bonds. The Labute approximate surface area is 171 Å². The smallest absolute Gasteiger partial charge is 0.343 e. The number of nitrogens with one attached hydrogen (secondary N) is 1. The van der Waals surface area contributed by atoms with Crippen LogP contribution < -0.4 is 5.32 Å². The van der Waals surface area contributed by atoms with Gasteiger partial charge >= 0.3 is 12.4 Å². The van der Waals surface area contributed by atoms with E-state index in [-0.39, 0.29) is 25.5 Å². The number of fused-ring (bicyclic) bond motifs is 1. The molecule has 1 aromatic heterocycles. The van der Waals surface area contributed by atoms with Crippen molar-refractivity contribution in [1.82, 2.24) is 25.0 Å². The van der Waals surface area contributed by atoms with E-state index in [2.05, 4.69) is 15.5 Å². The molecular weight excluding hydrogens is 432 g/mol. The topological polar surface area (TPSA) is 80.1 Å². The number of hydrogen-bond acceptors (Lipinski definition) is 4. The highest BCUT2D eigenvalue weighted by Gasteiger charge is 2.39. The minimum Gasteiger partial charge on any atom is -0.343 e.